The maximum absolute atomic E-state index is 4.99. The Kier molecular flexibility index (Phi) is 2.27. The maximum Gasteiger partial charge on any atom is 0.108 e. The predicted octanol–water partition coefficient (Wildman–Crippen LogP) is 0.353. The Balaban J connectivity index is 2.13. The van der Waals surface area contributed by atoms with Crippen LogP contribution in [0.1, 0.15) is 6.42 Å². The van der Waals surface area contributed by atoms with E-state index in [9.17, 15) is 0 Å². The molecule has 1 rings (SSSR count). The molecule has 0 radical (unpaired) electrons. The molecule has 1 heterocycles. The molecule has 8 heavy (non-hydrogen) atoms. The summed E-state index contributed by atoms with van der Waals surface area (Å²) in [5, 5.41) is 0. The lowest BCUT2D eigenvalue weighted by Crippen LogP contribution is -2.25. The zero-order valence-electron chi connectivity index (χ0n) is 4.92. The van der Waals surface area contributed by atoms with Crippen LogP contribution < -0.4 is 0 Å². The van der Waals surface area contributed by atoms with Gasteiger partial charge in [0.1, 0.15) is 6.61 Å². The van der Waals surface area contributed by atoms with Gasteiger partial charge in [0.05, 0.1) is 12.7 Å². The molecule has 0 aromatic rings. The first-order valence-electron chi connectivity index (χ1n) is 2.70. The fourth-order valence-corrected chi connectivity index (χ4v) is 0.632. The zero-order valence-corrected chi connectivity index (χ0v) is 4.92. The molecule has 1 fully saturated rings. The summed E-state index contributed by atoms with van der Waals surface area (Å²) in [6.45, 7) is 1.22. The molecule has 3 heteroatoms. The van der Waals surface area contributed by atoms with Crippen LogP contribution in [0.4, 0.5) is 0 Å². The van der Waals surface area contributed by atoms with Gasteiger partial charge in [0, 0.05) is 13.5 Å². The van der Waals surface area contributed by atoms with E-state index in [4.69, 9.17) is 4.74 Å². The van der Waals surface area contributed by atoms with Crippen LogP contribution in [-0.2, 0) is 14.5 Å². The third-order valence-corrected chi connectivity index (χ3v) is 1.19. The Morgan fingerprint density at radius 3 is 2.75 bits per heavy atom. The fourth-order valence-electron chi connectivity index (χ4n) is 0.632. The summed E-state index contributed by atoms with van der Waals surface area (Å²) in [5.41, 5.74) is 0. The van der Waals surface area contributed by atoms with Gasteiger partial charge in [-0.3, -0.25) is 0 Å². The third-order valence-electron chi connectivity index (χ3n) is 1.19. The van der Waals surface area contributed by atoms with Crippen molar-refractivity contribution in [3.05, 3.63) is 0 Å². The molecular weight excluding hydrogens is 108 g/mol. The third kappa shape index (κ3) is 1.43. The molecule has 3 nitrogen and oxygen atoms in total. The van der Waals surface area contributed by atoms with E-state index >= 15 is 0 Å². The van der Waals surface area contributed by atoms with Crippen molar-refractivity contribution in [2.75, 3.05) is 20.3 Å². The molecule has 1 aliphatic rings. The highest BCUT2D eigenvalue weighted by Crippen LogP contribution is 2.04. The Hall–Kier alpha value is -0.120. The normalized spacial score (nSPS) is 30.4. The van der Waals surface area contributed by atoms with Crippen LogP contribution in [0.5, 0.6) is 0 Å². The molecule has 0 saturated carbocycles. The van der Waals surface area contributed by atoms with E-state index in [1.807, 2.05) is 0 Å². The van der Waals surface area contributed by atoms with Crippen molar-refractivity contribution in [3.8, 4) is 0 Å². The summed E-state index contributed by atoms with van der Waals surface area (Å²) in [4.78, 5) is 9.27. The minimum atomic E-state index is 0.240. The van der Waals surface area contributed by atoms with Crippen LogP contribution in [0.15, 0.2) is 0 Å². The molecule has 0 bridgehead atoms. The predicted molar refractivity (Wildman–Crippen MR) is 27.3 cm³/mol. The second-order valence-corrected chi connectivity index (χ2v) is 1.75. The van der Waals surface area contributed by atoms with E-state index in [1.165, 1.54) is 0 Å². The van der Waals surface area contributed by atoms with E-state index < -0.39 is 0 Å². The van der Waals surface area contributed by atoms with Gasteiger partial charge in [-0.2, -0.15) is 0 Å². The van der Waals surface area contributed by atoms with Crippen molar-refractivity contribution >= 4 is 0 Å². The highest BCUT2D eigenvalue weighted by Gasteiger charge is 2.12. The van der Waals surface area contributed by atoms with Gasteiger partial charge < -0.3 is 4.74 Å². The summed E-state index contributed by atoms with van der Waals surface area (Å²) in [7, 11) is 1.68. The largest absolute Gasteiger partial charge is 0.379 e. The standard InChI is InChI=1S/C5H10O3/c1-6-5-2-3-7-8-4-5/h5H,2-4H2,1H3. The maximum atomic E-state index is 4.99. The van der Waals surface area contributed by atoms with Crippen molar-refractivity contribution in [1.29, 1.82) is 0 Å². The zero-order chi connectivity index (χ0) is 5.82. The van der Waals surface area contributed by atoms with Crippen LogP contribution in [0, 0.1) is 0 Å². The fraction of sp³-hybridized carbons (Fsp3) is 1.00. The number of hydrogen-bond acceptors (Lipinski definition) is 3. The molecule has 1 aliphatic heterocycles. The Morgan fingerprint density at radius 1 is 1.50 bits per heavy atom. The average Bonchev–Trinajstić information content (AvgIpc) is 1.90. The monoisotopic (exact) mass is 118 g/mol. The summed E-state index contributed by atoms with van der Waals surface area (Å²) in [5.74, 6) is 0. The highest BCUT2D eigenvalue weighted by molar-refractivity contribution is 4.55. The SMILES string of the molecule is COC1CCOOC1. The van der Waals surface area contributed by atoms with E-state index in [0.717, 1.165) is 6.42 Å². The topological polar surface area (TPSA) is 27.7 Å². The molecule has 0 spiro atoms. The Bertz CT molecular complexity index is 58.7. The second kappa shape index (κ2) is 3.02. The summed E-state index contributed by atoms with van der Waals surface area (Å²) in [6, 6.07) is 0. The average molecular weight is 118 g/mol. The molecule has 0 N–H and O–H groups in total. The van der Waals surface area contributed by atoms with Crippen LogP contribution >= 0.6 is 0 Å². The minimum Gasteiger partial charge on any atom is -0.379 e. The summed E-state index contributed by atoms with van der Waals surface area (Å²) in [6.07, 6.45) is 1.18. The van der Waals surface area contributed by atoms with Gasteiger partial charge in [-0.05, 0) is 0 Å². The molecule has 1 saturated heterocycles. The van der Waals surface area contributed by atoms with Gasteiger partial charge in [-0.25, -0.2) is 9.78 Å². The first-order chi connectivity index (χ1) is 3.93. The van der Waals surface area contributed by atoms with Crippen molar-refractivity contribution < 1.29 is 14.5 Å². The number of hydrogen-bond donors (Lipinski definition) is 0. The van der Waals surface area contributed by atoms with Crippen LogP contribution in [-0.4, -0.2) is 26.4 Å². The smallest absolute Gasteiger partial charge is 0.108 e. The Morgan fingerprint density at radius 2 is 2.38 bits per heavy atom. The molecule has 0 aliphatic carbocycles. The molecule has 1 unspecified atom stereocenters. The lowest BCUT2D eigenvalue weighted by atomic mass is 10.3. The number of rotatable bonds is 1. The van der Waals surface area contributed by atoms with Crippen LogP contribution in [0.25, 0.3) is 0 Å². The second-order valence-electron chi connectivity index (χ2n) is 1.75. The van der Waals surface area contributed by atoms with Gasteiger partial charge in [-0.1, -0.05) is 0 Å². The van der Waals surface area contributed by atoms with Gasteiger partial charge in [0.25, 0.3) is 0 Å². The molecule has 1 atom stereocenters. The molecule has 0 aromatic heterocycles. The van der Waals surface area contributed by atoms with Crippen LogP contribution in [0.3, 0.4) is 0 Å². The minimum absolute atomic E-state index is 0.240. The van der Waals surface area contributed by atoms with E-state index in [1.54, 1.807) is 7.11 Å². The highest BCUT2D eigenvalue weighted by atomic mass is 17.2. The first kappa shape index (κ1) is 6.01. The number of ether oxygens (including phenoxy) is 1. The Labute approximate surface area is 48.5 Å². The number of methoxy groups -OCH3 is 1. The molecule has 0 amide bonds. The van der Waals surface area contributed by atoms with Crippen LogP contribution in [0.2, 0.25) is 0 Å². The molecular formula is C5H10O3. The summed E-state index contributed by atoms with van der Waals surface area (Å²) < 4.78 is 4.99. The first-order valence-corrected chi connectivity index (χ1v) is 2.70. The van der Waals surface area contributed by atoms with E-state index in [2.05, 4.69) is 9.78 Å². The van der Waals surface area contributed by atoms with E-state index in [-0.39, 0.29) is 6.10 Å². The van der Waals surface area contributed by atoms with Gasteiger partial charge >= 0.3 is 0 Å². The van der Waals surface area contributed by atoms with Crippen molar-refractivity contribution in [2.24, 2.45) is 0 Å². The van der Waals surface area contributed by atoms with Crippen molar-refractivity contribution in [3.63, 3.8) is 0 Å². The van der Waals surface area contributed by atoms with E-state index in [0.29, 0.717) is 13.2 Å². The molecule has 48 valence electrons. The lowest BCUT2D eigenvalue weighted by Gasteiger charge is -2.18. The lowest BCUT2D eigenvalue weighted by molar-refractivity contribution is -0.331. The van der Waals surface area contributed by atoms with Gasteiger partial charge in [0.2, 0.25) is 0 Å². The van der Waals surface area contributed by atoms with Gasteiger partial charge in [0.15, 0.2) is 0 Å². The quantitative estimate of drug-likeness (QED) is 0.465. The van der Waals surface area contributed by atoms with Crippen molar-refractivity contribution in [2.45, 2.75) is 12.5 Å². The molecule has 0 aromatic carbocycles. The van der Waals surface area contributed by atoms with Crippen molar-refractivity contribution in [1.82, 2.24) is 0 Å². The summed E-state index contributed by atoms with van der Waals surface area (Å²) >= 11 is 0. The van der Waals surface area contributed by atoms with Gasteiger partial charge in [-0.15, -0.1) is 0 Å².